The SMILES string of the molecule is CCC(Cc1ccc2c(c1)OC(CN(C(=O)OC(C)(C)C)[C@H](C)c1cccc3ccccc13)CN2C)C(=O)O. The molecule has 0 aromatic heterocycles. The lowest BCUT2D eigenvalue weighted by molar-refractivity contribution is -0.141. The first-order chi connectivity index (χ1) is 18.5. The zero-order chi connectivity index (χ0) is 28.3. The Hall–Kier alpha value is -3.74. The molecule has 39 heavy (non-hydrogen) atoms. The van der Waals surface area contributed by atoms with Crippen molar-refractivity contribution < 1.29 is 24.2 Å². The van der Waals surface area contributed by atoms with Crippen molar-refractivity contribution in [3.05, 3.63) is 71.8 Å². The molecule has 3 aromatic carbocycles. The molecule has 0 bridgehead atoms. The molecule has 3 atom stereocenters. The van der Waals surface area contributed by atoms with E-state index in [-0.39, 0.29) is 18.2 Å². The second-order valence-electron chi connectivity index (χ2n) is 11.4. The van der Waals surface area contributed by atoms with Crippen LogP contribution in [0.3, 0.4) is 0 Å². The molecular formula is C32H40N2O5. The Morgan fingerprint density at radius 2 is 1.85 bits per heavy atom. The predicted octanol–water partition coefficient (Wildman–Crippen LogP) is 6.69. The van der Waals surface area contributed by atoms with Gasteiger partial charge in [-0.3, -0.25) is 9.69 Å². The molecule has 1 aliphatic heterocycles. The Morgan fingerprint density at radius 3 is 2.54 bits per heavy atom. The molecule has 0 aliphatic carbocycles. The molecule has 0 saturated carbocycles. The largest absolute Gasteiger partial charge is 0.485 e. The van der Waals surface area contributed by atoms with Crippen molar-refractivity contribution in [2.45, 2.75) is 65.2 Å². The van der Waals surface area contributed by atoms with Gasteiger partial charge in [-0.05, 0) is 74.6 Å². The molecule has 1 heterocycles. The number of carbonyl (C=O) groups excluding carboxylic acids is 1. The maximum Gasteiger partial charge on any atom is 0.410 e. The molecule has 1 aliphatic rings. The van der Waals surface area contributed by atoms with E-state index in [1.165, 1.54) is 0 Å². The van der Waals surface area contributed by atoms with Crippen molar-refractivity contribution in [2.24, 2.45) is 5.92 Å². The first-order valence-electron chi connectivity index (χ1n) is 13.7. The number of ether oxygens (including phenoxy) is 2. The first-order valence-corrected chi connectivity index (χ1v) is 13.7. The van der Waals surface area contributed by atoms with Crippen molar-refractivity contribution in [3.63, 3.8) is 0 Å². The smallest absolute Gasteiger partial charge is 0.410 e. The summed E-state index contributed by atoms with van der Waals surface area (Å²) in [6, 6.07) is 20.0. The minimum atomic E-state index is -0.790. The van der Waals surface area contributed by atoms with Gasteiger partial charge in [-0.1, -0.05) is 55.5 Å². The van der Waals surface area contributed by atoms with Gasteiger partial charge in [0.15, 0.2) is 0 Å². The number of hydrogen-bond acceptors (Lipinski definition) is 5. The van der Waals surface area contributed by atoms with Crippen molar-refractivity contribution in [1.82, 2.24) is 4.90 Å². The summed E-state index contributed by atoms with van der Waals surface area (Å²) in [5, 5.41) is 11.7. The lowest BCUT2D eigenvalue weighted by Gasteiger charge is -2.39. The highest BCUT2D eigenvalue weighted by molar-refractivity contribution is 5.86. The Balaban J connectivity index is 1.62. The van der Waals surface area contributed by atoms with Gasteiger partial charge in [0.2, 0.25) is 0 Å². The van der Waals surface area contributed by atoms with E-state index in [9.17, 15) is 14.7 Å². The van der Waals surface area contributed by atoms with Gasteiger partial charge in [-0.25, -0.2) is 4.79 Å². The van der Waals surface area contributed by atoms with Gasteiger partial charge < -0.3 is 19.5 Å². The fourth-order valence-electron chi connectivity index (χ4n) is 5.22. The Kier molecular flexibility index (Phi) is 8.38. The molecule has 2 unspecified atom stereocenters. The average Bonchev–Trinajstić information content (AvgIpc) is 2.88. The Morgan fingerprint density at radius 1 is 1.13 bits per heavy atom. The monoisotopic (exact) mass is 532 g/mol. The number of carboxylic acid groups (broad SMARTS) is 1. The van der Waals surface area contributed by atoms with E-state index in [2.05, 4.69) is 29.2 Å². The number of carboxylic acids is 1. The van der Waals surface area contributed by atoms with Crippen LogP contribution in [-0.2, 0) is 16.0 Å². The van der Waals surface area contributed by atoms with Gasteiger partial charge in [0.05, 0.1) is 30.7 Å². The number of hydrogen-bond donors (Lipinski definition) is 1. The molecule has 4 rings (SSSR count). The number of likely N-dealkylation sites (N-methyl/N-ethyl adjacent to an activating group) is 1. The summed E-state index contributed by atoms with van der Waals surface area (Å²) in [4.78, 5) is 29.0. The normalized spacial score (nSPS) is 16.7. The molecule has 3 aromatic rings. The molecule has 208 valence electrons. The fourth-order valence-corrected chi connectivity index (χ4v) is 5.22. The Bertz CT molecular complexity index is 1330. The zero-order valence-corrected chi connectivity index (χ0v) is 23.8. The average molecular weight is 533 g/mol. The number of anilines is 1. The summed E-state index contributed by atoms with van der Waals surface area (Å²) in [6.45, 7) is 10.5. The highest BCUT2D eigenvalue weighted by Gasteiger charge is 2.33. The van der Waals surface area contributed by atoms with Crippen molar-refractivity contribution in [3.8, 4) is 5.75 Å². The maximum atomic E-state index is 13.6. The molecule has 1 amide bonds. The number of benzene rings is 3. The van der Waals surface area contributed by atoms with Crippen LogP contribution < -0.4 is 9.64 Å². The minimum Gasteiger partial charge on any atom is -0.485 e. The van der Waals surface area contributed by atoms with Crippen LogP contribution >= 0.6 is 0 Å². The first kappa shape index (κ1) is 28.3. The summed E-state index contributed by atoms with van der Waals surface area (Å²) in [6.07, 6.45) is 0.316. The second-order valence-corrected chi connectivity index (χ2v) is 11.4. The van der Waals surface area contributed by atoms with Gasteiger partial charge in [0.1, 0.15) is 17.5 Å². The standard InChI is InChI=1S/C32H40N2O5/c1-7-23(30(35)36)17-22-15-16-28-29(18-22)38-25(19-33(28)6)20-34(31(37)39-32(3,4)5)21(2)26-14-10-12-24-11-8-9-13-27(24)26/h8-16,18,21,23,25H,7,17,19-20H2,1-6H3,(H,35,36)/t21-,23?,25?/m1/s1. The van der Waals surface area contributed by atoms with Crippen LogP contribution in [0, 0.1) is 5.92 Å². The van der Waals surface area contributed by atoms with Crippen molar-refractivity contribution >= 4 is 28.5 Å². The van der Waals surface area contributed by atoms with E-state index >= 15 is 0 Å². The number of nitrogens with zero attached hydrogens (tertiary/aromatic N) is 2. The van der Waals surface area contributed by atoms with E-state index in [0.717, 1.165) is 27.6 Å². The molecular weight excluding hydrogens is 492 g/mol. The third-order valence-electron chi connectivity index (χ3n) is 7.30. The molecule has 7 heteroatoms. The number of aliphatic carboxylic acids is 1. The Labute approximate surface area is 231 Å². The number of carbonyl (C=O) groups is 2. The molecule has 0 saturated heterocycles. The summed E-state index contributed by atoms with van der Waals surface area (Å²) in [5.41, 5.74) is 2.28. The summed E-state index contributed by atoms with van der Waals surface area (Å²) >= 11 is 0. The van der Waals surface area contributed by atoms with Gasteiger partial charge in [0.25, 0.3) is 0 Å². The van der Waals surface area contributed by atoms with Crippen LogP contribution in [0.15, 0.2) is 60.7 Å². The quantitative estimate of drug-likeness (QED) is 0.348. The molecule has 0 spiro atoms. The highest BCUT2D eigenvalue weighted by atomic mass is 16.6. The van der Waals surface area contributed by atoms with E-state index in [1.807, 2.05) is 78.1 Å². The highest BCUT2D eigenvalue weighted by Crippen LogP contribution is 2.36. The van der Waals surface area contributed by atoms with Crippen molar-refractivity contribution in [2.75, 3.05) is 25.0 Å². The van der Waals surface area contributed by atoms with Crippen LogP contribution in [0.5, 0.6) is 5.75 Å². The summed E-state index contributed by atoms with van der Waals surface area (Å²) < 4.78 is 12.3. The van der Waals surface area contributed by atoms with Gasteiger partial charge in [0, 0.05) is 7.05 Å². The second kappa shape index (κ2) is 11.6. The van der Waals surface area contributed by atoms with E-state index in [4.69, 9.17) is 9.47 Å². The lowest BCUT2D eigenvalue weighted by Crippen LogP contribution is -2.48. The molecule has 0 fully saturated rings. The molecule has 7 nitrogen and oxygen atoms in total. The third-order valence-corrected chi connectivity index (χ3v) is 7.30. The molecule has 0 radical (unpaired) electrons. The van der Waals surface area contributed by atoms with E-state index in [1.54, 1.807) is 4.90 Å². The maximum absolute atomic E-state index is 13.6. The number of amides is 1. The zero-order valence-electron chi connectivity index (χ0n) is 23.8. The van der Waals surface area contributed by atoms with Crippen LogP contribution in [0.2, 0.25) is 0 Å². The number of fused-ring (bicyclic) bond motifs is 2. The molecule has 1 N–H and O–H groups in total. The van der Waals surface area contributed by atoms with Gasteiger partial charge >= 0.3 is 12.1 Å². The lowest BCUT2D eigenvalue weighted by atomic mass is 9.96. The van der Waals surface area contributed by atoms with Crippen LogP contribution in [0.25, 0.3) is 10.8 Å². The number of rotatable bonds is 8. The van der Waals surface area contributed by atoms with Gasteiger partial charge in [-0.15, -0.1) is 0 Å². The third kappa shape index (κ3) is 6.64. The van der Waals surface area contributed by atoms with Crippen molar-refractivity contribution in [1.29, 1.82) is 0 Å². The summed E-state index contributed by atoms with van der Waals surface area (Å²) in [5.74, 6) is -0.528. The topological polar surface area (TPSA) is 79.3 Å². The summed E-state index contributed by atoms with van der Waals surface area (Å²) in [7, 11) is 2.01. The van der Waals surface area contributed by atoms with Crippen LogP contribution in [0.1, 0.15) is 58.2 Å². The predicted molar refractivity (Wildman–Crippen MR) is 155 cm³/mol. The fraction of sp³-hybridized carbons (Fsp3) is 0.438. The van der Waals surface area contributed by atoms with Crippen LogP contribution in [0.4, 0.5) is 10.5 Å². The van der Waals surface area contributed by atoms with E-state index in [0.29, 0.717) is 31.7 Å². The van der Waals surface area contributed by atoms with Gasteiger partial charge in [-0.2, -0.15) is 0 Å². The van der Waals surface area contributed by atoms with E-state index < -0.39 is 17.5 Å². The van der Waals surface area contributed by atoms with Crippen LogP contribution in [-0.4, -0.2) is 53.9 Å². The minimum absolute atomic E-state index is 0.256.